The topological polar surface area (TPSA) is 94.8 Å². The fourth-order valence-corrected chi connectivity index (χ4v) is 2.78. The van der Waals surface area contributed by atoms with Crippen LogP contribution in [-0.4, -0.2) is 23.7 Å². The van der Waals surface area contributed by atoms with Gasteiger partial charge < -0.3 is 19.2 Å². The third-order valence-corrected chi connectivity index (χ3v) is 4.79. The number of amides is 1. The second kappa shape index (κ2) is 8.68. The molecule has 1 aromatic heterocycles. The second-order valence-electron chi connectivity index (χ2n) is 8.23. The van der Waals surface area contributed by atoms with Crippen molar-refractivity contribution in [3.63, 3.8) is 0 Å². The molecule has 0 bridgehead atoms. The molecule has 1 aromatic carbocycles. The Morgan fingerprint density at radius 3 is 2.41 bits per heavy atom. The number of nitrogens with one attached hydrogen (secondary N) is 1. The van der Waals surface area contributed by atoms with Gasteiger partial charge >= 0.3 is 17.7 Å². The molecular weight excluding hydrogens is 374 g/mol. The molecule has 1 N–H and O–H groups in total. The lowest BCUT2D eigenvalue weighted by molar-refractivity contribution is -0.138. The molecule has 0 radical (unpaired) electrons. The standard InChI is InChI=1S/C22H29NO6/c1-8-12(2)18(23-21(26)29-22(5,6)7)20(25)27-15-9-10-16-13(3)14(4)19(24)28-17(16)11-15/h9-12,18H,8H2,1-7H3,(H,23,26)/t12-,18+/m0/s1. The van der Waals surface area contributed by atoms with Crippen molar-refractivity contribution in [2.24, 2.45) is 5.92 Å². The maximum absolute atomic E-state index is 12.8. The SMILES string of the molecule is CC[C@H](C)[C@@H](NC(=O)OC(C)(C)C)C(=O)Oc1ccc2c(C)c(C)c(=O)oc2c1. The molecule has 7 heteroatoms. The summed E-state index contributed by atoms with van der Waals surface area (Å²) in [5.41, 5.74) is 0.588. The minimum absolute atomic E-state index is 0.168. The predicted octanol–water partition coefficient (Wildman–Crippen LogP) is 4.25. The van der Waals surface area contributed by atoms with Gasteiger partial charge in [0, 0.05) is 17.0 Å². The van der Waals surface area contributed by atoms with E-state index in [9.17, 15) is 14.4 Å². The molecule has 7 nitrogen and oxygen atoms in total. The Morgan fingerprint density at radius 1 is 1.17 bits per heavy atom. The van der Waals surface area contributed by atoms with Crippen molar-refractivity contribution in [2.45, 2.75) is 66.5 Å². The van der Waals surface area contributed by atoms with Gasteiger partial charge in [-0.25, -0.2) is 14.4 Å². The summed E-state index contributed by atoms with van der Waals surface area (Å²) >= 11 is 0. The first-order valence-corrected chi connectivity index (χ1v) is 9.68. The van der Waals surface area contributed by atoms with Crippen molar-refractivity contribution >= 4 is 23.0 Å². The second-order valence-corrected chi connectivity index (χ2v) is 8.23. The third kappa shape index (κ3) is 5.59. The van der Waals surface area contributed by atoms with Crippen molar-refractivity contribution in [1.82, 2.24) is 5.32 Å². The van der Waals surface area contributed by atoms with Gasteiger partial charge in [-0.3, -0.25) is 0 Å². The zero-order valence-electron chi connectivity index (χ0n) is 18.0. The highest BCUT2D eigenvalue weighted by Crippen LogP contribution is 2.24. The van der Waals surface area contributed by atoms with E-state index in [1.165, 1.54) is 6.07 Å². The molecule has 0 unspecified atom stereocenters. The van der Waals surface area contributed by atoms with E-state index in [0.717, 1.165) is 10.9 Å². The van der Waals surface area contributed by atoms with Crippen molar-refractivity contribution < 1.29 is 23.5 Å². The van der Waals surface area contributed by atoms with Gasteiger partial charge in [0.2, 0.25) is 0 Å². The van der Waals surface area contributed by atoms with Gasteiger partial charge in [0.05, 0.1) is 0 Å². The van der Waals surface area contributed by atoms with E-state index >= 15 is 0 Å². The Balaban J connectivity index is 2.25. The predicted molar refractivity (Wildman–Crippen MR) is 110 cm³/mol. The van der Waals surface area contributed by atoms with Crippen LogP contribution in [0.2, 0.25) is 0 Å². The van der Waals surface area contributed by atoms with E-state index in [2.05, 4.69) is 5.32 Å². The number of hydrogen-bond acceptors (Lipinski definition) is 6. The molecule has 2 aromatic rings. The zero-order valence-corrected chi connectivity index (χ0v) is 18.0. The van der Waals surface area contributed by atoms with Crippen LogP contribution in [0.3, 0.4) is 0 Å². The third-order valence-electron chi connectivity index (χ3n) is 4.79. The van der Waals surface area contributed by atoms with E-state index in [1.807, 2.05) is 20.8 Å². The van der Waals surface area contributed by atoms with Crippen LogP contribution >= 0.6 is 0 Å². The van der Waals surface area contributed by atoms with Crippen LogP contribution in [0.1, 0.15) is 52.2 Å². The van der Waals surface area contributed by atoms with Gasteiger partial charge in [0.1, 0.15) is 23.0 Å². The highest BCUT2D eigenvalue weighted by molar-refractivity contribution is 5.86. The number of rotatable bonds is 5. The van der Waals surface area contributed by atoms with Gasteiger partial charge in [0.15, 0.2) is 0 Å². The molecule has 2 atom stereocenters. The quantitative estimate of drug-likeness (QED) is 0.455. The summed E-state index contributed by atoms with van der Waals surface area (Å²) < 4.78 is 16.0. The summed E-state index contributed by atoms with van der Waals surface area (Å²) in [7, 11) is 0. The number of fused-ring (bicyclic) bond motifs is 1. The smallest absolute Gasteiger partial charge is 0.408 e. The molecule has 0 saturated carbocycles. The molecule has 0 saturated heterocycles. The van der Waals surface area contributed by atoms with Gasteiger partial charge in [-0.15, -0.1) is 0 Å². The highest BCUT2D eigenvalue weighted by Gasteiger charge is 2.30. The van der Waals surface area contributed by atoms with Crippen molar-refractivity contribution in [2.75, 3.05) is 0 Å². The van der Waals surface area contributed by atoms with E-state index in [1.54, 1.807) is 39.8 Å². The molecule has 0 aliphatic heterocycles. The summed E-state index contributed by atoms with van der Waals surface area (Å²) in [6.45, 7) is 12.5. The van der Waals surface area contributed by atoms with Crippen LogP contribution in [0.5, 0.6) is 5.75 Å². The van der Waals surface area contributed by atoms with Gasteiger partial charge in [-0.1, -0.05) is 20.3 Å². The molecule has 2 rings (SSSR count). The fourth-order valence-electron chi connectivity index (χ4n) is 2.78. The minimum atomic E-state index is -0.877. The van der Waals surface area contributed by atoms with E-state index in [-0.39, 0.29) is 11.7 Å². The van der Waals surface area contributed by atoms with E-state index in [0.29, 0.717) is 17.6 Å². The molecule has 1 heterocycles. The summed E-state index contributed by atoms with van der Waals surface area (Å²) in [5, 5.41) is 3.37. The average molecular weight is 403 g/mol. The van der Waals surface area contributed by atoms with Crippen LogP contribution < -0.4 is 15.7 Å². The van der Waals surface area contributed by atoms with E-state index < -0.39 is 29.3 Å². The first-order valence-electron chi connectivity index (χ1n) is 9.68. The number of carbonyl (C=O) groups is 2. The molecule has 0 spiro atoms. The molecule has 0 aliphatic rings. The molecule has 1 amide bonds. The lowest BCUT2D eigenvalue weighted by atomic mass is 9.99. The first kappa shape index (κ1) is 22.5. The number of aryl methyl sites for hydroxylation is 1. The van der Waals surface area contributed by atoms with Crippen molar-refractivity contribution in [3.05, 3.63) is 39.7 Å². The maximum atomic E-state index is 12.8. The molecule has 0 fully saturated rings. The summed E-state index contributed by atoms with van der Waals surface area (Å²) in [6, 6.07) is 4.00. The molecule has 158 valence electrons. The first-order chi connectivity index (χ1) is 13.4. The van der Waals surface area contributed by atoms with Crippen LogP contribution in [-0.2, 0) is 9.53 Å². The highest BCUT2D eigenvalue weighted by atomic mass is 16.6. The van der Waals surface area contributed by atoms with E-state index in [4.69, 9.17) is 13.9 Å². The Bertz CT molecular complexity index is 970. The minimum Gasteiger partial charge on any atom is -0.444 e. The number of alkyl carbamates (subject to hydrolysis) is 1. The number of hydrogen-bond donors (Lipinski definition) is 1. The fraction of sp³-hybridized carbons (Fsp3) is 0.500. The van der Waals surface area contributed by atoms with Crippen LogP contribution in [0.25, 0.3) is 11.0 Å². The summed E-state index contributed by atoms with van der Waals surface area (Å²) in [4.78, 5) is 36.8. The molecule has 0 aliphatic carbocycles. The molecular formula is C22H29NO6. The molecule has 29 heavy (non-hydrogen) atoms. The Morgan fingerprint density at radius 2 is 1.83 bits per heavy atom. The number of benzene rings is 1. The normalized spacial score (nSPS) is 13.6. The van der Waals surface area contributed by atoms with Crippen molar-refractivity contribution in [1.29, 1.82) is 0 Å². The average Bonchev–Trinajstić information content (AvgIpc) is 2.62. The Kier molecular flexibility index (Phi) is 6.72. The lowest BCUT2D eigenvalue weighted by Crippen LogP contribution is -2.48. The zero-order chi connectivity index (χ0) is 21.9. The maximum Gasteiger partial charge on any atom is 0.408 e. The number of esters is 1. The Hall–Kier alpha value is -2.83. The van der Waals surface area contributed by atoms with Gasteiger partial charge in [-0.05, 0) is 58.2 Å². The lowest BCUT2D eigenvalue weighted by Gasteiger charge is -2.25. The van der Waals surface area contributed by atoms with Crippen LogP contribution in [0.15, 0.2) is 27.4 Å². The Labute approximate surface area is 170 Å². The monoisotopic (exact) mass is 403 g/mol. The summed E-state index contributed by atoms with van der Waals surface area (Å²) in [6.07, 6.45) is -0.0314. The van der Waals surface area contributed by atoms with Gasteiger partial charge in [-0.2, -0.15) is 0 Å². The number of carbonyl (C=O) groups excluding carboxylic acids is 2. The number of ether oxygens (including phenoxy) is 2. The van der Waals surface area contributed by atoms with Gasteiger partial charge in [0.25, 0.3) is 0 Å². The van der Waals surface area contributed by atoms with Crippen molar-refractivity contribution in [3.8, 4) is 5.75 Å². The van der Waals surface area contributed by atoms with Crippen LogP contribution in [0.4, 0.5) is 4.79 Å². The largest absolute Gasteiger partial charge is 0.444 e. The summed E-state index contributed by atoms with van der Waals surface area (Å²) in [5.74, 6) is -0.553. The van der Waals surface area contributed by atoms with Crippen LogP contribution in [0, 0.1) is 19.8 Å².